The molecule has 0 aliphatic carbocycles. The van der Waals surface area contributed by atoms with Crippen LogP contribution in [0.4, 0.5) is 0 Å². The SMILES string of the molecule is C=CC=CC/C=C/CC(CC(=O)NC1C(=C)N(C)C(C(=O)NCCC(C=C)C=C/C=C(\C)OC)CCCCCC1CNC(=S)NC)NC.CC. The van der Waals surface area contributed by atoms with Crippen molar-refractivity contribution in [3.8, 4) is 0 Å². The monoisotopic (exact) mass is 713 g/mol. The average molecular weight is 713 g/mol. The van der Waals surface area contributed by atoms with Crippen LogP contribution in [0.25, 0.3) is 0 Å². The van der Waals surface area contributed by atoms with Crippen molar-refractivity contribution in [1.29, 1.82) is 0 Å². The highest BCUT2D eigenvalue weighted by molar-refractivity contribution is 7.80. The zero-order valence-corrected chi connectivity index (χ0v) is 32.9. The highest BCUT2D eigenvalue weighted by Crippen LogP contribution is 2.26. The van der Waals surface area contributed by atoms with Gasteiger partial charge in [-0.3, -0.25) is 9.59 Å². The Morgan fingerprint density at radius 3 is 2.42 bits per heavy atom. The number of hydrogen-bond donors (Lipinski definition) is 5. The van der Waals surface area contributed by atoms with E-state index < -0.39 is 6.04 Å². The van der Waals surface area contributed by atoms with Crippen LogP contribution in [0.2, 0.25) is 0 Å². The zero-order valence-electron chi connectivity index (χ0n) is 32.1. The Kier molecular flexibility index (Phi) is 27.0. The van der Waals surface area contributed by atoms with Crippen LogP contribution < -0.4 is 26.6 Å². The highest BCUT2D eigenvalue weighted by Gasteiger charge is 2.33. The molecule has 2 amide bonds. The summed E-state index contributed by atoms with van der Waals surface area (Å²) in [5, 5.41) is 16.6. The molecular formula is C40H68N6O3S. The van der Waals surface area contributed by atoms with Crippen LogP contribution >= 0.6 is 12.2 Å². The maximum atomic E-state index is 13.6. The van der Waals surface area contributed by atoms with Crippen LogP contribution in [0.1, 0.15) is 78.6 Å². The van der Waals surface area contributed by atoms with Crippen molar-refractivity contribution in [2.75, 3.05) is 41.3 Å². The van der Waals surface area contributed by atoms with Gasteiger partial charge in [0.05, 0.1) is 18.9 Å². The van der Waals surface area contributed by atoms with E-state index in [0.29, 0.717) is 31.0 Å². The minimum atomic E-state index is -0.405. The number of likely N-dealkylation sites (N-methyl/N-ethyl adjacent to an activating group) is 1. The number of thiocarbonyl (C=S) groups is 1. The first-order valence-electron chi connectivity index (χ1n) is 18.2. The summed E-state index contributed by atoms with van der Waals surface area (Å²) in [6.07, 6.45) is 24.8. The Balaban J connectivity index is 0.0000118. The highest BCUT2D eigenvalue weighted by atomic mass is 32.1. The topological polar surface area (TPSA) is 107 Å². The molecule has 5 unspecified atom stereocenters. The molecule has 1 fully saturated rings. The second kappa shape index (κ2) is 29.1. The molecule has 0 radical (unpaired) electrons. The summed E-state index contributed by atoms with van der Waals surface area (Å²) in [6, 6.07) is -0.798. The first kappa shape index (κ1) is 46.4. The minimum absolute atomic E-state index is 0.0172. The second-order valence-corrected chi connectivity index (χ2v) is 12.6. The van der Waals surface area contributed by atoms with E-state index in [4.69, 9.17) is 17.0 Å². The molecular weight excluding hydrogens is 645 g/mol. The van der Waals surface area contributed by atoms with Gasteiger partial charge in [-0.1, -0.05) is 94.9 Å². The molecule has 10 heteroatoms. The number of carbonyl (C=O) groups excluding carboxylic acids is 2. The van der Waals surface area contributed by atoms with Crippen LogP contribution in [-0.2, 0) is 14.3 Å². The summed E-state index contributed by atoms with van der Waals surface area (Å²) < 4.78 is 5.18. The summed E-state index contributed by atoms with van der Waals surface area (Å²) in [4.78, 5) is 29.2. The van der Waals surface area contributed by atoms with Gasteiger partial charge >= 0.3 is 0 Å². The largest absolute Gasteiger partial charge is 0.501 e. The molecule has 1 rings (SSSR count). The normalized spacial score (nSPS) is 20.0. The van der Waals surface area contributed by atoms with Crippen molar-refractivity contribution in [1.82, 2.24) is 31.5 Å². The third kappa shape index (κ3) is 19.5. The number of rotatable bonds is 19. The van der Waals surface area contributed by atoms with Crippen LogP contribution in [0, 0.1) is 11.8 Å². The number of nitrogens with one attached hydrogen (secondary N) is 5. The van der Waals surface area contributed by atoms with E-state index in [9.17, 15) is 9.59 Å². The number of hydrogen-bond acceptors (Lipinski definition) is 6. The van der Waals surface area contributed by atoms with E-state index in [2.05, 4.69) is 64.5 Å². The van der Waals surface area contributed by atoms with Crippen LogP contribution in [-0.4, -0.2) is 81.3 Å². The first-order chi connectivity index (χ1) is 24.1. The van der Waals surface area contributed by atoms with Gasteiger partial charge in [0.25, 0.3) is 0 Å². The Hall–Kier alpha value is -3.63. The summed E-state index contributed by atoms with van der Waals surface area (Å²) >= 11 is 5.38. The lowest BCUT2D eigenvalue weighted by molar-refractivity contribution is -0.125. The molecule has 0 aromatic rings. The second-order valence-electron chi connectivity index (χ2n) is 12.2. The van der Waals surface area contributed by atoms with E-state index in [0.717, 1.165) is 56.4 Å². The van der Waals surface area contributed by atoms with Crippen molar-refractivity contribution in [2.45, 2.75) is 96.7 Å². The lowest BCUT2D eigenvalue weighted by Crippen LogP contribution is -2.53. The van der Waals surface area contributed by atoms with Crippen molar-refractivity contribution in [3.63, 3.8) is 0 Å². The number of allylic oxidation sites excluding steroid dienone is 9. The fourth-order valence-corrected chi connectivity index (χ4v) is 5.64. The first-order valence-corrected chi connectivity index (χ1v) is 18.6. The number of amides is 2. The molecule has 5 N–H and O–H groups in total. The molecule has 0 saturated carbocycles. The molecule has 9 nitrogen and oxygen atoms in total. The summed E-state index contributed by atoms with van der Waals surface area (Å²) in [5.41, 5.74) is 0.717. The molecule has 0 spiro atoms. The van der Waals surface area contributed by atoms with E-state index in [1.807, 2.05) is 70.1 Å². The lowest BCUT2D eigenvalue weighted by atomic mass is 9.88. The quantitative estimate of drug-likeness (QED) is 0.0450. The number of methoxy groups -OCH3 is 1. The molecule has 1 heterocycles. The van der Waals surface area contributed by atoms with E-state index >= 15 is 0 Å². The number of ether oxygens (including phenoxy) is 1. The fraction of sp³-hybridized carbons (Fsp3) is 0.575. The molecule has 0 aromatic heterocycles. The fourth-order valence-electron chi connectivity index (χ4n) is 5.56. The summed E-state index contributed by atoms with van der Waals surface area (Å²) in [6.45, 7) is 19.1. The lowest BCUT2D eigenvalue weighted by Gasteiger charge is -2.39. The van der Waals surface area contributed by atoms with E-state index in [-0.39, 0.29) is 35.7 Å². The number of nitrogens with zero attached hydrogens (tertiary/aromatic N) is 1. The zero-order chi connectivity index (χ0) is 37.7. The minimum Gasteiger partial charge on any atom is -0.501 e. The summed E-state index contributed by atoms with van der Waals surface area (Å²) in [5.74, 6) is 0.860. The molecule has 0 bridgehead atoms. The van der Waals surface area contributed by atoms with Crippen molar-refractivity contribution in [3.05, 3.63) is 85.9 Å². The van der Waals surface area contributed by atoms with Gasteiger partial charge in [0.2, 0.25) is 11.8 Å². The van der Waals surface area contributed by atoms with Crippen LogP contribution in [0.3, 0.4) is 0 Å². The third-order valence-electron chi connectivity index (χ3n) is 8.74. The molecule has 1 aliphatic heterocycles. The Morgan fingerprint density at radius 1 is 1.06 bits per heavy atom. The van der Waals surface area contributed by atoms with Gasteiger partial charge in [-0.15, -0.1) is 6.58 Å². The average Bonchev–Trinajstić information content (AvgIpc) is 3.13. The van der Waals surface area contributed by atoms with Crippen molar-refractivity contribution >= 4 is 29.1 Å². The van der Waals surface area contributed by atoms with Gasteiger partial charge in [0.15, 0.2) is 5.11 Å². The van der Waals surface area contributed by atoms with Gasteiger partial charge in [-0.05, 0) is 70.3 Å². The van der Waals surface area contributed by atoms with Gasteiger partial charge in [-0.2, -0.15) is 0 Å². The van der Waals surface area contributed by atoms with E-state index in [1.165, 1.54) is 0 Å². The van der Waals surface area contributed by atoms with Gasteiger partial charge in [-0.25, -0.2) is 0 Å². The molecule has 5 atom stereocenters. The smallest absolute Gasteiger partial charge is 0.242 e. The molecule has 1 aliphatic rings. The van der Waals surface area contributed by atoms with Gasteiger partial charge in [0, 0.05) is 51.3 Å². The molecule has 0 aromatic carbocycles. The Bertz CT molecular complexity index is 1150. The molecule has 282 valence electrons. The van der Waals surface area contributed by atoms with Crippen LogP contribution in [0.15, 0.2) is 85.9 Å². The molecule has 1 saturated heterocycles. The summed E-state index contributed by atoms with van der Waals surface area (Å²) in [7, 11) is 7.22. The van der Waals surface area contributed by atoms with Gasteiger partial charge in [0.1, 0.15) is 6.04 Å². The maximum absolute atomic E-state index is 13.6. The van der Waals surface area contributed by atoms with Crippen molar-refractivity contribution in [2.24, 2.45) is 11.8 Å². The standard InChI is InChI=1S/C38H62N6O3S.C2H6/c1-9-11-12-13-14-17-23-33(39-5)27-35(45)43-36-30(4)44(7)34(24-18-15-16-22-32(36)28-42-38(48)40-6)37(46)41-26-25-31(10-2)21-19-20-29(3)47-8;1-2/h9-12,14,17,19-21,31-34,36,39H,1-2,4,13,15-16,18,22-28H2,3,5-8H3,(H,41,46)(H,43,45)(H2,40,42,48);1-2H3/b12-11?,17-14+,21-19?,29-20+;. The Labute approximate surface area is 309 Å². The van der Waals surface area contributed by atoms with Crippen molar-refractivity contribution < 1.29 is 14.3 Å². The Morgan fingerprint density at radius 2 is 1.78 bits per heavy atom. The van der Waals surface area contributed by atoms with Gasteiger partial charge < -0.3 is 36.2 Å². The number of carbonyl (C=O) groups is 2. The predicted molar refractivity (Wildman–Crippen MR) is 217 cm³/mol. The maximum Gasteiger partial charge on any atom is 0.242 e. The van der Waals surface area contributed by atoms with E-state index in [1.54, 1.807) is 20.2 Å². The third-order valence-corrected chi connectivity index (χ3v) is 9.09. The predicted octanol–water partition coefficient (Wildman–Crippen LogP) is 6.46. The van der Waals surface area contributed by atoms with Crippen LogP contribution in [0.5, 0.6) is 0 Å². The molecule has 50 heavy (non-hydrogen) atoms.